The van der Waals surface area contributed by atoms with E-state index in [1.54, 1.807) is 0 Å². The van der Waals surface area contributed by atoms with E-state index in [0.29, 0.717) is 5.82 Å². The number of imidazole rings is 1. The Morgan fingerprint density at radius 2 is 1.88 bits per heavy atom. The van der Waals surface area contributed by atoms with Gasteiger partial charge in [0.1, 0.15) is 11.3 Å². The SMILES string of the molecule is CCCCc1nc2c(N)nc3ccc(N4CCN(CC(C)(C)COCCC)CC4)cc3c2[nH]1. The Balaban J connectivity index is 1.47. The number of pyridine rings is 1. The van der Waals surface area contributed by atoms with Crippen LogP contribution in [0.5, 0.6) is 0 Å². The van der Waals surface area contributed by atoms with Crippen LogP contribution in [0.1, 0.15) is 52.8 Å². The lowest BCUT2D eigenvalue weighted by molar-refractivity contribution is 0.0385. The van der Waals surface area contributed by atoms with Crippen LogP contribution < -0.4 is 10.6 Å². The van der Waals surface area contributed by atoms with Crippen LogP contribution in [-0.4, -0.2) is 65.8 Å². The number of ether oxygens (including phenoxy) is 1. The van der Waals surface area contributed by atoms with Crippen molar-refractivity contribution in [3.05, 3.63) is 24.0 Å². The van der Waals surface area contributed by atoms with Gasteiger partial charge in [0, 0.05) is 62.2 Å². The first-order valence-corrected chi connectivity index (χ1v) is 12.5. The smallest absolute Gasteiger partial charge is 0.152 e. The highest BCUT2D eigenvalue weighted by Crippen LogP contribution is 2.30. The van der Waals surface area contributed by atoms with Crippen LogP contribution in [0.15, 0.2) is 18.2 Å². The quantitative estimate of drug-likeness (QED) is 0.437. The largest absolute Gasteiger partial charge is 0.382 e. The zero-order valence-corrected chi connectivity index (χ0v) is 20.8. The molecule has 0 atom stereocenters. The number of aromatic amines is 1. The molecule has 0 spiro atoms. The van der Waals surface area contributed by atoms with Crippen molar-refractivity contribution in [2.75, 3.05) is 56.6 Å². The summed E-state index contributed by atoms with van der Waals surface area (Å²) in [5.41, 5.74) is 10.4. The predicted octanol–water partition coefficient (Wildman–Crippen LogP) is 4.61. The first-order chi connectivity index (χ1) is 15.9. The van der Waals surface area contributed by atoms with E-state index in [0.717, 1.165) is 99.4 Å². The van der Waals surface area contributed by atoms with Crippen LogP contribution in [-0.2, 0) is 11.2 Å². The molecule has 3 N–H and O–H groups in total. The van der Waals surface area contributed by atoms with Gasteiger partial charge < -0.3 is 20.4 Å². The summed E-state index contributed by atoms with van der Waals surface area (Å²) >= 11 is 0. The fourth-order valence-electron chi connectivity index (χ4n) is 4.77. The molecule has 1 aromatic carbocycles. The Kier molecular flexibility index (Phi) is 7.39. The van der Waals surface area contributed by atoms with Crippen LogP contribution in [0.2, 0.25) is 0 Å². The van der Waals surface area contributed by atoms with Gasteiger partial charge in [0.15, 0.2) is 5.82 Å². The van der Waals surface area contributed by atoms with Gasteiger partial charge in [-0.25, -0.2) is 9.97 Å². The Bertz CT molecular complexity index is 1070. The third-order valence-corrected chi connectivity index (χ3v) is 6.48. The van der Waals surface area contributed by atoms with Gasteiger partial charge in [-0.2, -0.15) is 0 Å². The van der Waals surface area contributed by atoms with Crippen molar-refractivity contribution in [2.24, 2.45) is 5.41 Å². The number of hydrogen-bond donors (Lipinski definition) is 2. The predicted molar refractivity (Wildman–Crippen MR) is 138 cm³/mol. The first kappa shape index (κ1) is 23.8. The lowest BCUT2D eigenvalue weighted by Gasteiger charge is -2.39. The maximum atomic E-state index is 6.23. The average Bonchev–Trinajstić information content (AvgIpc) is 3.23. The number of nitrogen functional groups attached to an aromatic ring is 1. The Labute approximate surface area is 197 Å². The fourth-order valence-corrected chi connectivity index (χ4v) is 4.77. The number of aromatic nitrogens is 3. The fraction of sp³-hybridized carbons (Fsp3) is 0.615. The zero-order chi connectivity index (χ0) is 23.4. The summed E-state index contributed by atoms with van der Waals surface area (Å²) < 4.78 is 5.83. The molecule has 0 unspecified atom stereocenters. The summed E-state index contributed by atoms with van der Waals surface area (Å²) in [5.74, 6) is 1.50. The van der Waals surface area contributed by atoms with Crippen molar-refractivity contribution >= 4 is 33.4 Å². The molecule has 3 heterocycles. The molecule has 1 fully saturated rings. The molecule has 2 aromatic heterocycles. The Hall–Kier alpha value is -2.38. The summed E-state index contributed by atoms with van der Waals surface area (Å²) in [4.78, 5) is 17.9. The number of nitrogens with one attached hydrogen (secondary N) is 1. The number of aryl methyl sites for hydroxylation is 1. The van der Waals surface area contributed by atoms with E-state index < -0.39 is 0 Å². The van der Waals surface area contributed by atoms with Gasteiger partial charge in [-0.15, -0.1) is 0 Å². The number of nitrogens with zero attached hydrogens (tertiary/aromatic N) is 4. The molecule has 3 aromatic rings. The maximum absolute atomic E-state index is 6.23. The topological polar surface area (TPSA) is 83.3 Å². The molecule has 0 bridgehead atoms. The second-order valence-corrected chi connectivity index (χ2v) is 10.2. The lowest BCUT2D eigenvalue weighted by atomic mass is 9.93. The number of nitrogens with two attached hydrogens (primary N) is 1. The number of H-pyrrole nitrogens is 1. The second kappa shape index (κ2) is 10.3. The minimum absolute atomic E-state index is 0.174. The molecule has 0 amide bonds. The summed E-state index contributed by atoms with van der Waals surface area (Å²) in [5, 5.41) is 1.10. The van der Waals surface area contributed by atoms with E-state index in [9.17, 15) is 0 Å². The van der Waals surface area contributed by atoms with Crippen molar-refractivity contribution < 1.29 is 4.74 Å². The highest BCUT2D eigenvalue weighted by molar-refractivity contribution is 6.07. The van der Waals surface area contributed by atoms with Gasteiger partial charge in [0.05, 0.1) is 17.6 Å². The van der Waals surface area contributed by atoms with E-state index in [1.165, 1.54) is 5.69 Å². The molecule has 0 aliphatic carbocycles. The third-order valence-electron chi connectivity index (χ3n) is 6.48. The molecule has 180 valence electrons. The maximum Gasteiger partial charge on any atom is 0.152 e. The molecule has 1 aliphatic heterocycles. The molecular weight excluding hydrogens is 412 g/mol. The minimum atomic E-state index is 0.174. The van der Waals surface area contributed by atoms with E-state index in [-0.39, 0.29) is 5.41 Å². The highest BCUT2D eigenvalue weighted by Gasteiger charge is 2.25. The van der Waals surface area contributed by atoms with Crippen molar-refractivity contribution in [1.82, 2.24) is 19.9 Å². The van der Waals surface area contributed by atoms with Gasteiger partial charge >= 0.3 is 0 Å². The first-order valence-electron chi connectivity index (χ1n) is 12.5. The number of benzene rings is 1. The van der Waals surface area contributed by atoms with Gasteiger partial charge in [-0.3, -0.25) is 4.90 Å². The van der Waals surface area contributed by atoms with Gasteiger partial charge in [0.25, 0.3) is 0 Å². The molecule has 7 heteroatoms. The summed E-state index contributed by atoms with van der Waals surface area (Å²) in [6.07, 6.45) is 4.27. The van der Waals surface area contributed by atoms with Crippen molar-refractivity contribution in [3.8, 4) is 0 Å². The Morgan fingerprint density at radius 1 is 1.09 bits per heavy atom. The number of anilines is 2. The average molecular weight is 453 g/mol. The molecule has 1 aliphatic rings. The highest BCUT2D eigenvalue weighted by atomic mass is 16.5. The van der Waals surface area contributed by atoms with Crippen LogP contribution >= 0.6 is 0 Å². The molecule has 1 saturated heterocycles. The van der Waals surface area contributed by atoms with Crippen LogP contribution in [0.4, 0.5) is 11.5 Å². The molecule has 33 heavy (non-hydrogen) atoms. The number of unbranched alkanes of at least 4 members (excludes halogenated alkanes) is 1. The van der Waals surface area contributed by atoms with E-state index >= 15 is 0 Å². The second-order valence-electron chi connectivity index (χ2n) is 10.2. The van der Waals surface area contributed by atoms with Crippen molar-refractivity contribution in [3.63, 3.8) is 0 Å². The summed E-state index contributed by atoms with van der Waals surface area (Å²) in [7, 11) is 0. The molecule has 0 radical (unpaired) electrons. The summed E-state index contributed by atoms with van der Waals surface area (Å²) in [6.45, 7) is 15.9. The monoisotopic (exact) mass is 452 g/mol. The number of hydrogen-bond acceptors (Lipinski definition) is 6. The minimum Gasteiger partial charge on any atom is -0.382 e. The summed E-state index contributed by atoms with van der Waals surface area (Å²) in [6, 6.07) is 6.52. The van der Waals surface area contributed by atoms with E-state index in [4.69, 9.17) is 15.5 Å². The number of fused-ring (bicyclic) bond motifs is 3. The zero-order valence-electron chi connectivity index (χ0n) is 20.8. The van der Waals surface area contributed by atoms with Crippen LogP contribution in [0.3, 0.4) is 0 Å². The number of rotatable bonds is 10. The van der Waals surface area contributed by atoms with Gasteiger partial charge in [-0.05, 0) is 31.0 Å². The van der Waals surface area contributed by atoms with Crippen LogP contribution in [0.25, 0.3) is 21.9 Å². The molecular formula is C26H40N6O. The van der Waals surface area contributed by atoms with Crippen molar-refractivity contribution in [1.29, 1.82) is 0 Å². The van der Waals surface area contributed by atoms with E-state index in [1.807, 2.05) is 0 Å². The van der Waals surface area contributed by atoms with Gasteiger partial charge in [-0.1, -0.05) is 34.1 Å². The van der Waals surface area contributed by atoms with Crippen molar-refractivity contribution in [2.45, 2.75) is 53.4 Å². The number of piperazine rings is 1. The normalized spacial score (nSPS) is 15.7. The standard InChI is InChI=1S/C26H40N6O/c1-5-7-8-22-29-23-20-16-19(9-10-21(20)28-25(27)24(23)30-22)32-13-11-31(12-14-32)17-26(3,4)18-33-15-6-2/h9-10,16H,5-8,11-15,17-18H2,1-4H3,(H2,27,28)(H,29,30). The third kappa shape index (κ3) is 5.58. The molecule has 4 rings (SSSR count). The van der Waals surface area contributed by atoms with Gasteiger partial charge in [0.2, 0.25) is 0 Å². The van der Waals surface area contributed by atoms with Crippen LogP contribution in [0, 0.1) is 5.41 Å². The Morgan fingerprint density at radius 3 is 2.61 bits per heavy atom. The lowest BCUT2D eigenvalue weighted by Crippen LogP contribution is -2.49. The molecule has 7 nitrogen and oxygen atoms in total. The molecule has 0 saturated carbocycles. The van der Waals surface area contributed by atoms with E-state index in [2.05, 4.69) is 65.7 Å².